The SMILES string of the molecule is CCCCC(CC=O)NC(=O)OCc1ccccc1. The zero-order valence-corrected chi connectivity index (χ0v) is 11.3. The van der Waals surface area contributed by atoms with Crippen LogP contribution >= 0.6 is 0 Å². The fourth-order valence-electron chi connectivity index (χ4n) is 1.75. The minimum Gasteiger partial charge on any atom is -0.445 e. The van der Waals surface area contributed by atoms with Gasteiger partial charge in [0.05, 0.1) is 0 Å². The second-order valence-electron chi connectivity index (χ2n) is 4.45. The summed E-state index contributed by atoms with van der Waals surface area (Å²) in [6, 6.07) is 9.37. The summed E-state index contributed by atoms with van der Waals surface area (Å²) in [5, 5.41) is 2.73. The van der Waals surface area contributed by atoms with E-state index < -0.39 is 6.09 Å². The van der Waals surface area contributed by atoms with Crippen molar-refractivity contribution < 1.29 is 14.3 Å². The number of carbonyl (C=O) groups is 2. The molecule has 104 valence electrons. The van der Waals surface area contributed by atoms with Crippen LogP contribution in [0.3, 0.4) is 0 Å². The smallest absolute Gasteiger partial charge is 0.407 e. The van der Waals surface area contributed by atoms with E-state index in [1.54, 1.807) is 0 Å². The Bertz CT molecular complexity index is 378. The summed E-state index contributed by atoms with van der Waals surface area (Å²) in [4.78, 5) is 22.2. The number of alkyl carbamates (subject to hydrolysis) is 1. The summed E-state index contributed by atoms with van der Waals surface area (Å²) in [6.07, 6.45) is 3.52. The van der Waals surface area contributed by atoms with E-state index in [9.17, 15) is 9.59 Å². The number of benzene rings is 1. The Labute approximate surface area is 114 Å². The highest BCUT2D eigenvalue weighted by atomic mass is 16.5. The molecule has 1 unspecified atom stereocenters. The molecule has 0 heterocycles. The Morgan fingerprint density at radius 2 is 2.11 bits per heavy atom. The highest BCUT2D eigenvalue weighted by Gasteiger charge is 2.12. The molecule has 4 heteroatoms. The maximum atomic E-state index is 11.6. The third kappa shape index (κ3) is 6.60. The summed E-state index contributed by atoms with van der Waals surface area (Å²) in [5.41, 5.74) is 0.943. The largest absolute Gasteiger partial charge is 0.445 e. The van der Waals surface area contributed by atoms with Crippen LogP contribution in [-0.2, 0) is 16.1 Å². The van der Waals surface area contributed by atoms with Crippen LogP contribution in [0.15, 0.2) is 30.3 Å². The third-order valence-electron chi connectivity index (χ3n) is 2.82. The fourth-order valence-corrected chi connectivity index (χ4v) is 1.75. The second kappa shape index (κ2) is 9.14. The molecule has 0 aliphatic rings. The van der Waals surface area contributed by atoms with Gasteiger partial charge in [0.1, 0.15) is 12.9 Å². The molecule has 1 atom stereocenters. The maximum Gasteiger partial charge on any atom is 0.407 e. The first-order chi connectivity index (χ1) is 9.26. The minimum absolute atomic E-state index is 0.124. The summed E-state index contributed by atoms with van der Waals surface area (Å²) < 4.78 is 5.12. The van der Waals surface area contributed by atoms with Crippen LogP contribution in [0.25, 0.3) is 0 Å². The number of ether oxygens (including phenoxy) is 1. The van der Waals surface area contributed by atoms with E-state index >= 15 is 0 Å². The molecule has 0 radical (unpaired) electrons. The molecule has 0 aliphatic heterocycles. The molecule has 0 bridgehead atoms. The number of unbranched alkanes of at least 4 members (excludes halogenated alkanes) is 1. The number of rotatable bonds is 8. The summed E-state index contributed by atoms with van der Waals surface area (Å²) >= 11 is 0. The Hall–Kier alpha value is -1.84. The second-order valence-corrected chi connectivity index (χ2v) is 4.45. The van der Waals surface area contributed by atoms with Gasteiger partial charge in [-0.25, -0.2) is 4.79 Å². The van der Waals surface area contributed by atoms with E-state index in [-0.39, 0.29) is 12.6 Å². The molecule has 1 rings (SSSR count). The van der Waals surface area contributed by atoms with Crippen LogP contribution in [-0.4, -0.2) is 18.4 Å². The summed E-state index contributed by atoms with van der Waals surface area (Å²) in [5.74, 6) is 0. The fraction of sp³-hybridized carbons (Fsp3) is 0.467. The predicted octanol–water partition coefficient (Wildman–Crippen LogP) is 3.06. The van der Waals surface area contributed by atoms with Crippen LogP contribution in [0.4, 0.5) is 4.79 Å². The van der Waals surface area contributed by atoms with Gasteiger partial charge in [0.15, 0.2) is 0 Å². The standard InChI is InChI=1S/C15H21NO3/c1-2-3-9-14(10-11-17)16-15(18)19-12-13-7-5-4-6-8-13/h4-8,11,14H,2-3,9-10,12H2,1H3,(H,16,18). The van der Waals surface area contributed by atoms with Gasteiger partial charge in [-0.1, -0.05) is 50.1 Å². The number of nitrogens with one attached hydrogen (secondary N) is 1. The van der Waals surface area contributed by atoms with Gasteiger partial charge in [0.2, 0.25) is 0 Å². The van der Waals surface area contributed by atoms with E-state index in [1.807, 2.05) is 30.3 Å². The highest BCUT2D eigenvalue weighted by molar-refractivity contribution is 5.68. The van der Waals surface area contributed by atoms with Crippen molar-refractivity contribution in [1.82, 2.24) is 5.32 Å². The first kappa shape index (κ1) is 15.2. The van der Waals surface area contributed by atoms with Gasteiger partial charge >= 0.3 is 6.09 Å². The molecule has 0 aliphatic carbocycles. The number of hydrogen-bond acceptors (Lipinski definition) is 3. The van der Waals surface area contributed by atoms with Crippen LogP contribution in [0, 0.1) is 0 Å². The zero-order valence-electron chi connectivity index (χ0n) is 11.3. The Morgan fingerprint density at radius 1 is 1.37 bits per heavy atom. The van der Waals surface area contributed by atoms with Gasteiger partial charge in [0.25, 0.3) is 0 Å². The average molecular weight is 263 g/mol. The lowest BCUT2D eigenvalue weighted by molar-refractivity contribution is -0.108. The molecule has 0 fully saturated rings. The first-order valence-electron chi connectivity index (χ1n) is 6.67. The lowest BCUT2D eigenvalue weighted by Crippen LogP contribution is -2.35. The number of carbonyl (C=O) groups excluding carboxylic acids is 2. The lowest BCUT2D eigenvalue weighted by Gasteiger charge is -2.15. The molecule has 19 heavy (non-hydrogen) atoms. The van der Waals surface area contributed by atoms with Gasteiger partial charge < -0.3 is 14.8 Å². The normalized spacial score (nSPS) is 11.6. The van der Waals surface area contributed by atoms with Crippen molar-refractivity contribution in [2.75, 3.05) is 0 Å². The first-order valence-corrected chi connectivity index (χ1v) is 6.67. The van der Waals surface area contributed by atoms with Crippen LogP contribution < -0.4 is 5.32 Å². The Kier molecular flexibility index (Phi) is 7.32. The number of aldehydes is 1. The van der Waals surface area contributed by atoms with Gasteiger partial charge in [-0.05, 0) is 12.0 Å². The summed E-state index contributed by atoms with van der Waals surface area (Å²) in [6.45, 7) is 2.32. The molecule has 4 nitrogen and oxygen atoms in total. The van der Waals surface area contributed by atoms with Crippen molar-refractivity contribution in [3.63, 3.8) is 0 Å². The van der Waals surface area contributed by atoms with Crippen molar-refractivity contribution in [3.8, 4) is 0 Å². The topological polar surface area (TPSA) is 55.4 Å². The van der Waals surface area contributed by atoms with E-state index in [4.69, 9.17) is 4.74 Å². The molecule has 0 saturated heterocycles. The monoisotopic (exact) mass is 263 g/mol. The molecular formula is C15H21NO3. The highest BCUT2D eigenvalue weighted by Crippen LogP contribution is 2.05. The van der Waals surface area contributed by atoms with Crippen molar-refractivity contribution >= 4 is 12.4 Å². The minimum atomic E-state index is -0.466. The molecule has 1 N–H and O–H groups in total. The van der Waals surface area contributed by atoms with Gasteiger partial charge in [-0.3, -0.25) is 0 Å². The zero-order chi connectivity index (χ0) is 13.9. The average Bonchev–Trinajstić information content (AvgIpc) is 2.44. The molecule has 1 amide bonds. The van der Waals surface area contributed by atoms with E-state index in [0.717, 1.165) is 31.1 Å². The van der Waals surface area contributed by atoms with Crippen LogP contribution in [0.1, 0.15) is 38.2 Å². The molecule has 1 aromatic carbocycles. The van der Waals surface area contributed by atoms with E-state index in [1.165, 1.54) is 0 Å². The van der Waals surface area contributed by atoms with Crippen molar-refractivity contribution in [2.24, 2.45) is 0 Å². The number of amides is 1. The predicted molar refractivity (Wildman–Crippen MR) is 73.8 cm³/mol. The maximum absolute atomic E-state index is 11.6. The molecule has 0 spiro atoms. The molecule has 1 aromatic rings. The van der Waals surface area contributed by atoms with E-state index in [2.05, 4.69) is 12.2 Å². The van der Waals surface area contributed by atoms with E-state index in [0.29, 0.717) is 6.42 Å². The van der Waals surface area contributed by atoms with Crippen molar-refractivity contribution in [3.05, 3.63) is 35.9 Å². The third-order valence-corrected chi connectivity index (χ3v) is 2.82. The van der Waals surface area contributed by atoms with Crippen molar-refractivity contribution in [2.45, 2.75) is 45.3 Å². The lowest BCUT2D eigenvalue weighted by atomic mass is 10.1. The Balaban J connectivity index is 2.33. The summed E-state index contributed by atoms with van der Waals surface area (Å²) in [7, 11) is 0. The van der Waals surface area contributed by atoms with Crippen LogP contribution in [0.2, 0.25) is 0 Å². The van der Waals surface area contributed by atoms with Gasteiger partial charge in [0, 0.05) is 12.5 Å². The molecule has 0 aromatic heterocycles. The van der Waals surface area contributed by atoms with Crippen molar-refractivity contribution in [1.29, 1.82) is 0 Å². The van der Waals surface area contributed by atoms with Crippen LogP contribution in [0.5, 0.6) is 0 Å². The molecular weight excluding hydrogens is 242 g/mol. The van der Waals surface area contributed by atoms with Gasteiger partial charge in [-0.15, -0.1) is 0 Å². The number of hydrogen-bond donors (Lipinski definition) is 1. The quantitative estimate of drug-likeness (QED) is 0.733. The Morgan fingerprint density at radius 3 is 2.74 bits per heavy atom. The van der Waals surface area contributed by atoms with Gasteiger partial charge in [-0.2, -0.15) is 0 Å². The molecule has 0 saturated carbocycles.